The van der Waals surface area contributed by atoms with Crippen LogP contribution in [0.1, 0.15) is 17.7 Å². The summed E-state index contributed by atoms with van der Waals surface area (Å²) in [5.41, 5.74) is 7.52. The van der Waals surface area contributed by atoms with E-state index in [1.54, 1.807) is 0 Å². The molecule has 1 aromatic rings. The molecule has 0 fully saturated rings. The fraction of sp³-hybridized carbons (Fsp3) is 0.500. The molecule has 0 spiro atoms. The Morgan fingerprint density at radius 3 is 3.33 bits per heavy atom. The highest BCUT2D eigenvalue weighted by atomic mass is 16.1. The van der Waals surface area contributed by atoms with E-state index >= 15 is 0 Å². The van der Waals surface area contributed by atoms with Crippen LogP contribution in [0.15, 0.2) is 6.20 Å². The van der Waals surface area contributed by atoms with Gasteiger partial charge in [0.1, 0.15) is 0 Å². The van der Waals surface area contributed by atoms with E-state index < -0.39 is 0 Å². The third-order valence-corrected chi connectivity index (χ3v) is 2.42. The van der Waals surface area contributed by atoms with E-state index in [0.717, 1.165) is 25.0 Å². The van der Waals surface area contributed by atoms with Crippen LogP contribution in [0.4, 0.5) is 0 Å². The largest absolute Gasteiger partial charge is 0.369 e. The molecule has 0 aliphatic heterocycles. The minimum atomic E-state index is -0.199. The van der Waals surface area contributed by atoms with Crippen LogP contribution in [0.5, 0.6) is 0 Å². The molecule has 0 saturated carbocycles. The highest BCUT2D eigenvalue weighted by Gasteiger charge is 2.23. The van der Waals surface area contributed by atoms with Gasteiger partial charge in [-0.2, -0.15) is 5.10 Å². The number of aromatic amines is 1. The summed E-state index contributed by atoms with van der Waals surface area (Å²) in [6, 6.07) is 0. The number of hydrogen-bond donors (Lipinski definition) is 2. The summed E-state index contributed by atoms with van der Waals surface area (Å²) in [4.78, 5) is 10.9. The molecular weight excluding hydrogens is 154 g/mol. The second-order valence-corrected chi connectivity index (χ2v) is 3.22. The number of carbonyl (C=O) groups is 1. The Hall–Kier alpha value is -1.32. The van der Waals surface area contributed by atoms with Crippen molar-refractivity contribution in [1.82, 2.24) is 10.2 Å². The third-order valence-electron chi connectivity index (χ3n) is 2.42. The molecule has 1 aliphatic carbocycles. The standard InChI is InChI=1S/C8H11N3O/c9-8(12)5-1-2-6-4-10-11-7(6)3-5/h4-5H,1-3H2,(H2,9,12)(H,10,11)/t5-/m1/s1. The number of rotatable bonds is 1. The Morgan fingerprint density at radius 1 is 1.75 bits per heavy atom. The SMILES string of the molecule is NC(=O)[C@@H]1CCc2cn[nH]c2C1. The van der Waals surface area contributed by atoms with Crippen LogP contribution in [0, 0.1) is 5.92 Å². The Labute approximate surface area is 70.1 Å². The zero-order chi connectivity index (χ0) is 8.55. The molecule has 64 valence electrons. The molecular formula is C8H11N3O. The van der Waals surface area contributed by atoms with E-state index in [4.69, 9.17) is 5.73 Å². The van der Waals surface area contributed by atoms with Crippen LogP contribution in [0.3, 0.4) is 0 Å². The molecule has 0 radical (unpaired) electrons. The fourth-order valence-corrected chi connectivity index (χ4v) is 1.65. The monoisotopic (exact) mass is 165 g/mol. The summed E-state index contributed by atoms with van der Waals surface area (Å²) in [6.07, 6.45) is 4.33. The highest BCUT2D eigenvalue weighted by molar-refractivity contribution is 5.77. The quantitative estimate of drug-likeness (QED) is 0.614. The van der Waals surface area contributed by atoms with Crippen molar-refractivity contribution in [3.8, 4) is 0 Å². The fourth-order valence-electron chi connectivity index (χ4n) is 1.65. The van der Waals surface area contributed by atoms with Gasteiger partial charge in [0.2, 0.25) is 5.91 Å². The first-order valence-electron chi connectivity index (χ1n) is 4.08. The van der Waals surface area contributed by atoms with E-state index in [2.05, 4.69) is 10.2 Å². The van der Waals surface area contributed by atoms with E-state index in [0.29, 0.717) is 0 Å². The van der Waals surface area contributed by atoms with Gasteiger partial charge < -0.3 is 5.73 Å². The molecule has 2 rings (SSSR count). The van der Waals surface area contributed by atoms with Crippen molar-refractivity contribution in [2.24, 2.45) is 11.7 Å². The van der Waals surface area contributed by atoms with E-state index in [9.17, 15) is 4.79 Å². The molecule has 4 nitrogen and oxygen atoms in total. The normalized spacial score (nSPS) is 21.8. The summed E-state index contributed by atoms with van der Waals surface area (Å²) in [5, 5.41) is 6.81. The number of H-pyrrole nitrogens is 1. The van der Waals surface area contributed by atoms with Gasteiger partial charge in [0.15, 0.2) is 0 Å². The Morgan fingerprint density at radius 2 is 2.58 bits per heavy atom. The minimum absolute atomic E-state index is 0.00190. The maximum Gasteiger partial charge on any atom is 0.220 e. The molecule has 12 heavy (non-hydrogen) atoms. The number of carbonyl (C=O) groups excluding carboxylic acids is 1. The number of primary amides is 1. The zero-order valence-corrected chi connectivity index (χ0v) is 6.71. The smallest absolute Gasteiger partial charge is 0.220 e. The van der Waals surface area contributed by atoms with Crippen molar-refractivity contribution in [1.29, 1.82) is 0 Å². The average molecular weight is 165 g/mol. The first-order valence-corrected chi connectivity index (χ1v) is 4.08. The van der Waals surface area contributed by atoms with Gasteiger partial charge in [-0.1, -0.05) is 0 Å². The molecule has 4 heteroatoms. The van der Waals surface area contributed by atoms with Crippen LogP contribution in [0.2, 0.25) is 0 Å². The second kappa shape index (κ2) is 2.62. The van der Waals surface area contributed by atoms with Gasteiger partial charge in [-0.15, -0.1) is 0 Å². The van der Waals surface area contributed by atoms with Gasteiger partial charge in [0, 0.05) is 18.0 Å². The van der Waals surface area contributed by atoms with Crippen molar-refractivity contribution < 1.29 is 4.79 Å². The van der Waals surface area contributed by atoms with Crippen molar-refractivity contribution >= 4 is 5.91 Å². The minimum Gasteiger partial charge on any atom is -0.369 e. The van der Waals surface area contributed by atoms with Crippen molar-refractivity contribution in [3.63, 3.8) is 0 Å². The molecule has 0 saturated heterocycles. The number of aryl methyl sites for hydroxylation is 1. The summed E-state index contributed by atoms with van der Waals surface area (Å²) >= 11 is 0. The number of amides is 1. The Kier molecular flexibility index (Phi) is 1.60. The van der Waals surface area contributed by atoms with Crippen LogP contribution < -0.4 is 5.73 Å². The van der Waals surface area contributed by atoms with Gasteiger partial charge in [-0.05, 0) is 18.4 Å². The van der Waals surface area contributed by atoms with Crippen LogP contribution in [0.25, 0.3) is 0 Å². The van der Waals surface area contributed by atoms with Gasteiger partial charge >= 0.3 is 0 Å². The molecule has 1 aliphatic rings. The van der Waals surface area contributed by atoms with Gasteiger partial charge in [0.05, 0.1) is 6.20 Å². The van der Waals surface area contributed by atoms with E-state index in [1.807, 2.05) is 6.20 Å². The lowest BCUT2D eigenvalue weighted by Gasteiger charge is -2.17. The molecule has 1 heterocycles. The van der Waals surface area contributed by atoms with Crippen LogP contribution in [-0.2, 0) is 17.6 Å². The zero-order valence-electron chi connectivity index (χ0n) is 6.71. The van der Waals surface area contributed by atoms with Crippen molar-refractivity contribution in [2.45, 2.75) is 19.3 Å². The number of hydrogen-bond acceptors (Lipinski definition) is 2. The number of aromatic nitrogens is 2. The maximum absolute atomic E-state index is 10.9. The average Bonchev–Trinajstić information content (AvgIpc) is 2.49. The lowest BCUT2D eigenvalue weighted by atomic mass is 9.88. The van der Waals surface area contributed by atoms with E-state index in [1.165, 1.54) is 5.56 Å². The predicted molar refractivity (Wildman–Crippen MR) is 43.3 cm³/mol. The number of nitrogens with zero attached hydrogens (tertiary/aromatic N) is 1. The molecule has 0 bridgehead atoms. The van der Waals surface area contributed by atoms with E-state index in [-0.39, 0.29) is 11.8 Å². The van der Waals surface area contributed by atoms with Crippen LogP contribution in [-0.4, -0.2) is 16.1 Å². The first kappa shape index (κ1) is 7.34. The third kappa shape index (κ3) is 1.09. The van der Waals surface area contributed by atoms with Crippen LogP contribution >= 0.6 is 0 Å². The van der Waals surface area contributed by atoms with Gasteiger partial charge in [-0.25, -0.2) is 0 Å². The predicted octanol–water partition coefficient (Wildman–Crippen LogP) is -0.000100. The molecule has 1 amide bonds. The Bertz CT molecular complexity index is 305. The van der Waals surface area contributed by atoms with Gasteiger partial charge in [0.25, 0.3) is 0 Å². The molecule has 0 aromatic carbocycles. The topological polar surface area (TPSA) is 71.8 Å². The summed E-state index contributed by atoms with van der Waals surface area (Å²) in [6.45, 7) is 0. The second-order valence-electron chi connectivity index (χ2n) is 3.22. The lowest BCUT2D eigenvalue weighted by molar-refractivity contribution is -0.122. The molecule has 1 aromatic heterocycles. The van der Waals surface area contributed by atoms with Crippen molar-refractivity contribution in [2.75, 3.05) is 0 Å². The molecule has 3 N–H and O–H groups in total. The number of nitrogens with two attached hydrogens (primary N) is 1. The lowest BCUT2D eigenvalue weighted by Crippen LogP contribution is -2.28. The first-order chi connectivity index (χ1) is 5.77. The Balaban J connectivity index is 2.20. The van der Waals surface area contributed by atoms with Gasteiger partial charge in [-0.3, -0.25) is 9.89 Å². The summed E-state index contributed by atoms with van der Waals surface area (Å²) < 4.78 is 0. The molecule has 0 unspecified atom stereocenters. The summed E-state index contributed by atoms with van der Waals surface area (Å²) in [7, 11) is 0. The maximum atomic E-state index is 10.9. The number of nitrogens with one attached hydrogen (secondary N) is 1. The van der Waals surface area contributed by atoms with Crippen molar-refractivity contribution in [3.05, 3.63) is 17.5 Å². The summed E-state index contributed by atoms with van der Waals surface area (Å²) in [5.74, 6) is -0.201. The number of fused-ring (bicyclic) bond motifs is 1. The highest BCUT2D eigenvalue weighted by Crippen LogP contribution is 2.22. The molecule has 1 atom stereocenters.